The second-order valence-electron chi connectivity index (χ2n) is 7.21. The quantitative estimate of drug-likeness (QED) is 0.477. The number of nitrogens with zero attached hydrogens (tertiary/aromatic N) is 2. The van der Waals surface area contributed by atoms with Crippen LogP contribution in [0.1, 0.15) is 41.0 Å². The van der Waals surface area contributed by atoms with Gasteiger partial charge in [-0.15, -0.1) is 5.92 Å². The zero-order chi connectivity index (χ0) is 22.7. The van der Waals surface area contributed by atoms with Crippen LogP contribution in [0.15, 0.2) is 29.2 Å². The van der Waals surface area contributed by atoms with Crippen LogP contribution in [0.5, 0.6) is 5.75 Å². The number of carboxylic acid groups (broad SMARTS) is 1. The molecule has 0 saturated heterocycles. The Bertz CT molecular complexity index is 821. The van der Waals surface area contributed by atoms with Crippen molar-refractivity contribution in [2.45, 2.75) is 52.0 Å². The van der Waals surface area contributed by atoms with Gasteiger partial charge in [-0.1, -0.05) is 33.6 Å². The van der Waals surface area contributed by atoms with Gasteiger partial charge in [0.15, 0.2) is 0 Å². The SMILES string of the molecule is CC#CCOc1ccc(S(=O)(=O)N(CCCN(CC)CC)C(C(=O)O)C(C)C)cc1. The molecule has 0 aliphatic carbocycles. The van der Waals surface area contributed by atoms with E-state index >= 15 is 0 Å². The van der Waals surface area contributed by atoms with E-state index in [9.17, 15) is 18.3 Å². The molecule has 1 aromatic rings. The maximum Gasteiger partial charge on any atom is 0.322 e. The Morgan fingerprint density at radius 1 is 1.13 bits per heavy atom. The van der Waals surface area contributed by atoms with E-state index in [-0.39, 0.29) is 24.0 Å². The van der Waals surface area contributed by atoms with Gasteiger partial charge in [-0.3, -0.25) is 4.79 Å². The van der Waals surface area contributed by atoms with E-state index in [1.807, 2.05) is 13.8 Å². The molecule has 168 valence electrons. The summed E-state index contributed by atoms with van der Waals surface area (Å²) >= 11 is 0. The maximum absolute atomic E-state index is 13.4. The Hall–Kier alpha value is -2.08. The summed E-state index contributed by atoms with van der Waals surface area (Å²) < 4.78 is 33.3. The number of ether oxygens (including phenoxy) is 1. The zero-order valence-electron chi connectivity index (χ0n) is 18.6. The van der Waals surface area contributed by atoms with Gasteiger partial charge < -0.3 is 14.7 Å². The number of aliphatic carboxylic acids is 1. The van der Waals surface area contributed by atoms with Gasteiger partial charge >= 0.3 is 5.97 Å². The fourth-order valence-corrected chi connectivity index (χ4v) is 4.93. The molecular formula is C22H34N2O5S. The first-order valence-corrected chi connectivity index (χ1v) is 11.7. The highest BCUT2D eigenvalue weighted by Gasteiger charge is 2.37. The number of carbonyl (C=O) groups is 1. The fraction of sp³-hybridized carbons (Fsp3) is 0.591. The first kappa shape index (κ1) is 26.0. The van der Waals surface area contributed by atoms with Crippen LogP contribution >= 0.6 is 0 Å². The fourth-order valence-electron chi connectivity index (χ4n) is 3.17. The summed E-state index contributed by atoms with van der Waals surface area (Å²) in [5.74, 6) is 4.48. The molecule has 30 heavy (non-hydrogen) atoms. The molecule has 0 fully saturated rings. The number of hydrogen-bond acceptors (Lipinski definition) is 5. The predicted octanol–water partition coefficient (Wildman–Crippen LogP) is 2.92. The number of hydrogen-bond donors (Lipinski definition) is 1. The van der Waals surface area contributed by atoms with Gasteiger partial charge in [0.05, 0.1) is 4.90 Å². The predicted molar refractivity (Wildman–Crippen MR) is 118 cm³/mol. The lowest BCUT2D eigenvalue weighted by atomic mass is 10.0. The third-order valence-electron chi connectivity index (χ3n) is 4.86. The highest BCUT2D eigenvalue weighted by atomic mass is 32.2. The molecule has 0 saturated carbocycles. The molecule has 1 unspecified atom stereocenters. The minimum atomic E-state index is -3.99. The molecule has 7 nitrogen and oxygen atoms in total. The van der Waals surface area contributed by atoms with Crippen LogP contribution in [0.25, 0.3) is 0 Å². The van der Waals surface area contributed by atoms with Crippen LogP contribution in [0.3, 0.4) is 0 Å². The Balaban J connectivity index is 3.15. The summed E-state index contributed by atoms with van der Waals surface area (Å²) in [6.07, 6.45) is 0.550. The minimum Gasteiger partial charge on any atom is -0.481 e. The molecular weight excluding hydrogens is 404 g/mol. The van der Waals surface area contributed by atoms with Crippen molar-refractivity contribution in [1.82, 2.24) is 9.21 Å². The molecule has 0 amide bonds. The Morgan fingerprint density at radius 2 is 1.73 bits per heavy atom. The normalized spacial score (nSPS) is 12.7. The van der Waals surface area contributed by atoms with E-state index in [1.165, 1.54) is 12.1 Å². The average Bonchev–Trinajstić information content (AvgIpc) is 2.70. The van der Waals surface area contributed by atoms with E-state index in [1.54, 1.807) is 32.9 Å². The van der Waals surface area contributed by atoms with Gasteiger partial charge in [0.1, 0.15) is 18.4 Å². The van der Waals surface area contributed by atoms with Gasteiger partial charge in [-0.05, 0) is 63.2 Å². The molecule has 1 rings (SSSR count). The molecule has 0 radical (unpaired) electrons. The van der Waals surface area contributed by atoms with Crippen LogP contribution in [0.4, 0.5) is 0 Å². The van der Waals surface area contributed by atoms with Gasteiger partial charge in [0.2, 0.25) is 10.0 Å². The number of benzene rings is 1. The van der Waals surface area contributed by atoms with Crippen molar-refractivity contribution in [3.8, 4) is 17.6 Å². The molecule has 8 heteroatoms. The van der Waals surface area contributed by atoms with Crippen LogP contribution in [-0.4, -0.2) is 67.5 Å². The van der Waals surface area contributed by atoms with E-state index in [0.29, 0.717) is 18.7 Å². The van der Waals surface area contributed by atoms with Crippen molar-refractivity contribution in [2.24, 2.45) is 5.92 Å². The summed E-state index contributed by atoms with van der Waals surface area (Å²) in [4.78, 5) is 14.2. The number of carboxylic acids is 1. The van der Waals surface area contributed by atoms with E-state index < -0.39 is 22.0 Å². The van der Waals surface area contributed by atoms with Gasteiger partial charge in [-0.25, -0.2) is 8.42 Å². The summed E-state index contributed by atoms with van der Waals surface area (Å²) in [7, 11) is -3.99. The summed E-state index contributed by atoms with van der Waals surface area (Å²) in [5.41, 5.74) is 0. The van der Waals surface area contributed by atoms with E-state index in [2.05, 4.69) is 16.7 Å². The smallest absolute Gasteiger partial charge is 0.322 e. The first-order chi connectivity index (χ1) is 14.2. The minimum absolute atomic E-state index is 0.0474. The Kier molecular flexibility index (Phi) is 10.9. The standard InChI is InChI=1S/C22H34N2O5S/c1-6-9-17-29-19-11-13-20(14-12-19)30(27,28)24(21(18(4)5)22(25)26)16-10-15-23(7-2)8-3/h11-14,18,21H,7-8,10,15-17H2,1-5H3,(H,25,26). The topological polar surface area (TPSA) is 87.2 Å². The molecule has 0 aliphatic heterocycles. The third-order valence-corrected chi connectivity index (χ3v) is 6.76. The molecule has 0 aromatic heterocycles. The Morgan fingerprint density at radius 3 is 2.20 bits per heavy atom. The number of rotatable bonds is 13. The molecule has 0 heterocycles. The van der Waals surface area contributed by atoms with Crippen molar-refractivity contribution in [2.75, 3.05) is 32.8 Å². The first-order valence-electron chi connectivity index (χ1n) is 10.3. The van der Waals surface area contributed by atoms with Crippen molar-refractivity contribution in [1.29, 1.82) is 0 Å². The molecule has 1 aromatic carbocycles. The monoisotopic (exact) mass is 438 g/mol. The van der Waals surface area contributed by atoms with Gasteiger partial charge in [-0.2, -0.15) is 4.31 Å². The lowest BCUT2D eigenvalue weighted by Gasteiger charge is -2.31. The zero-order valence-corrected chi connectivity index (χ0v) is 19.4. The average molecular weight is 439 g/mol. The lowest BCUT2D eigenvalue weighted by molar-refractivity contribution is -0.143. The third kappa shape index (κ3) is 7.31. The van der Waals surface area contributed by atoms with E-state index in [4.69, 9.17) is 4.74 Å². The maximum atomic E-state index is 13.4. The highest BCUT2D eigenvalue weighted by molar-refractivity contribution is 7.89. The molecule has 0 bridgehead atoms. The van der Waals surface area contributed by atoms with Crippen LogP contribution in [0.2, 0.25) is 0 Å². The van der Waals surface area contributed by atoms with Gasteiger partial charge in [0, 0.05) is 6.54 Å². The number of sulfonamides is 1. The largest absolute Gasteiger partial charge is 0.481 e. The molecule has 1 N–H and O–H groups in total. The van der Waals surface area contributed by atoms with E-state index in [0.717, 1.165) is 17.4 Å². The van der Waals surface area contributed by atoms with Crippen molar-refractivity contribution >= 4 is 16.0 Å². The molecule has 0 spiro atoms. The molecule has 0 aliphatic rings. The lowest BCUT2D eigenvalue weighted by Crippen LogP contribution is -2.48. The second-order valence-corrected chi connectivity index (χ2v) is 9.10. The summed E-state index contributed by atoms with van der Waals surface area (Å²) in [5, 5.41) is 9.74. The van der Waals surface area contributed by atoms with Gasteiger partial charge in [0.25, 0.3) is 0 Å². The van der Waals surface area contributed by atoms with Crippen LogP contribution < -0.4 is 4.74 Å². The summed E-state index contributed by atoms with van der Waals surface area (Å²) in [6.45, 7) is 12.0. The van der Waals surface area contributed by atoms with Crippen molar-refractivity contribution < 1.29 is 23.1 Å². The van der Waals surface area contributed by atoms with Crippen molar-refractivity contribution in [3.05, 3.63) is 24.3 Å². The molecule has 1 atom stereocenters. The van der Waals surface area contributed by atoms with Crippen LogP contribution in [0, 0.1) is 17.8 Å². The highest BCUT2D eigenvalue weighted by Crippen LogP contribution is 2.24. The van der Waals surface area contributed by atoms with Crippen molar-refractivity contribution in [3.63, 3.8) is 0 Å². The Labute approximate surface area is 181 Å². The summed E-state index contributed by atoms with van der Waals surface area (Å²) in [6, 6.07) is 4.87. The van der Waals surface area contributed by atoms with Crippen LogP contribution in [-0.2, 0) is 14.8 Å². The second kappa shape index (κ2) is 12.6.